The molecular weight excluding hydrogens is 272 g/mol. The minimum atomic E-state index is 0.472. The molecule has 0 aliphatic heterocycles. The zero-order valence-electron chi connectivity index (χ0n) is 11.0. The van der Waals surface area contributed by atoms with Crippen molar-refractivity contribution in [1.29, 1.82) is 0 Å². The van der Waals surface area contributed by atoms with Crippen LogP contribution in [0.15, 0.2) is 53.2 Å². The number of rotatable bonds is 5. The summed E-state index contributed by atoms with van der Waals surface area (Å²) in [7, 11) is 0. The van der Waals surface area contributed by atoms with Crippen LogP contribution in [0.25, 0.3) is 11.0 Å². The standard InChI is InChI=1S/C16H15ClN2O/c17-16-14(13-5-1-2-6-15(13)20-16)11-19-9-7-12-4-3-8-18-10-12/h1-6,8,10,19H,7,9,11H2. The second-order valence-electron chi connectivity index (χ2n) is 4.64. The van der Waals surface area contributed by atoms with Crippen LogP contribution in [0, 0.1) is 0 Å². The van der Waals surface area contributed by atoms with Gasteiger partial charge in [0.1, 0.15) is 5.58 Å². The van der Waals surface area contributed by atoms with E-state index in [-0.39, 0.29) is 0 Å². The Morgan fingerprint density at radius 2 is 2.05 bits per heavy atom. The molecule has 0 aliphatic rings. The fourth-order valence-corrected chi connectivity index (χ4v) is 2.48. The van der Waals surface area contributed by atoms with Crippen LogP contribution in [0.3, 0.4) is 0 Å². The van der Waals surface area contributed by atoms with Gasteiger partial charge in [-0.05, 0) is 42.3 Å². The van der Waals surface area contributed by atoms with Gasteiger partial charge in [-0.1, -0.05) is 24.3 Å². The zero-order valence-corrected chi connectivity index (χ0v) is 11.7. The monoisotopic (exact) mass is 286 g/mol. The molecule has 0 aliphatic carbocycles. The summed E-state index contributed by atoms with van der Waals surface area (Å²) in [5.74, 6) is 0. The van der Waals surface area contributed by atoms with Crippen LogP contribution >= 0.6 is 11.6 Å². The molecule has 0 amide bonds. The van der Waals surface area contributed by atoms with E-state index in [4.69, 9.17) is 16.0 Å². The Balaban J connectivity index is 1.61. The van der Waals surface area contributed by atoms with Crippen molar-refractivity contribution < 1.29 is 4.42 Å². The molecule has 20 heavy (non-hydrogen) atoms. The topological polar surface area (TPSA) is 38.1 Å². The van der Waals surface area contributed by atoms with E-state index in [9.17, 15) is 0 Å². The maximum absolute atomic E-state index is 6.15. The Hall–Kier alpha value is -1.84. The summed E-state index contributed by atoms with van der Waals surface area (Å²) in [6, 6.07) is 11.9. The second-order valence-corrected chi connectivity index (χ2v) is 4.98. The molecule has 2 aromatic heterocycles. The summed E-state index contributed by atoms with van der Waals surface area (Å²) < 4.78 is 5.53. The van der Waals surface area contributed by atoms with Crippen molar-refractivity contribution in [2.45, 2.75) is 13.0 Å². The van der Waals surface area contributed by atoms with Gasteiger partial charge in [0.15, 0.2) is 5.22 Å². The van der Waals surface area contributed by atoms with Gasteiger partial charge in [0, 0.05) is 29.9 Å². The molecule has 1 aromatic carbocycles. The number of nitrogens with one attached hydrogen (secondary N) is 1. The minimum Gasteiger partial charge on any atom is -0.444 e. The Morgan fingerprint density at radius 3 is 2.90 bits per heavy atom. The number of nitrogens with zero attached hydrogens (tertiary/aromatic N) is 1. The molecule has 0 saturated carbocycles. The van der Waals surface area contributed by atoms with Gasteiger partial charge in [0.25, 0.3) is 0 Å². The molecule has 0 radical (unpaired) electrons. The summed E-state index contributed by atoms with van der Waals surface area (Å²) in [6.45, 7) is 1.58. The first-order chi connectivity index (χ1) is 9.84. The molecule has 0 saturated heterocycles. The van der Waals surface area contributed by atoms with Gasteiger partial charge in [-0.2, -0.15) is 0 Å². The molecule has 1 N–H and O–H groups in total. The predicted octanol–water partition coefficient (Wildman–Crippen LogP) is 3.81. The first-order valence-electron chi connectivity index (χ1n) is 6.60. The number of benzene rings is 1. The lowest BCUT2D eigenvalue weighted by molar-refractivity contribution is 0.604. The SMILES string of the molecule is Clc1oc2ccccc2c1CNCCc1cccnc1. The van der Waals surface area contributed by atoms with Crippen LogP contribution in [-0.2, 0) is 13.0 Å². The van der Waals surface area contributed by atoms with Gasteiger partial charge in [-0.25, -0.2) is 0 Å². The van der Waals surface area contributed by atoms with Crippen LogP contribution in [0.2, 0.25) is 5.22 Å². The van der Waals surface area contributed by atoms with Crippen molar-refractivity contribution in [3.05, 3.63) is 65.1 Å². The lowest BCUT2D eigenvalue weighted by Crippen LogP contribution is -2.16. The summed E-state index contributed by atoms with van der Waals surface area (Å²) >= 11 is 6.15. The summed E-state index contributed by atoms with van der Waals surface area (Å²) in [5.41, 5.74) is 3.08. The van der Waals surface area contributed by atoms with E-state index in [0.29, 0.717) is 11.8 Å². The fraction of sp³-hybridized carbons (Fsp3) is 0.188. The Labute approximate surface area is 122 Å². The highest BCUT2D eigenvalue weighted by atomic mass is 35.5. The van der Waals surface area contributed by atoms with Crippen molar-refractivity contribution in [2.24, 2.45) is 0 Å². The predicted molar refractivity (Wildman–Crippen MR) is 80.9 cm³/mol. The number of pyridine rings is 1. The van der Waals surface area contributed by atoms with Gasteiger partial charge in [0.2, 0.25) is 0 Å². The molecule has 2 heterocycles. The largest absolute Gasteiger partial charge is 0.444 e. The number of aromatic nitrogens is 1. The van der Waals surface area contributed by atoms with E-state index < -0.39 is 0 Å². The van der Waals surface area contributed by atoms with E-state index in [1.165, 1.54) is 5.56 Å². The number of halogens is 1. The van der Waals surface area contributed by atoms with Gasteiger partial charge in [-0.3, -0.25) is 4.98 Å². The van der Waals surface area contributed by atoms with Crippen molar-refractivity contribution in [2.75, 3.05) is 6.54 Å². The first-order valence-corrected chi connectivity index (χ1v) is 6.98. The third-order valence-corrected chi connectivity index (χ3v) is 3.57. The quantitative estimate of drug-likeness (QED) is 0.725. The third-order valence-electron chi connectivity index (χ3n) is 3.26. The normalized spacial score (nSPS) is 11.1. The van der Waals surface area contributed by atoms with E-state index in [2.05, 4.69) is 16.4 Å². The van der Waals surface area contributed by atoms with Gasteiger partial charge >= 0.3 is 0 Å². The Morgan fingerprint density at radius 1 is 1.15 bits per heavy atom. The maximum atomic E-state index is 6.15. The van der Waals surface area contributed by atoms with Crippen LogP contribution < -0.4 is 5.32 Å². The maximum Gasteiger partial charge on any atom is 0.199 e. The second kappa shape index (κ2) is 6.07. The average molecular weight is 287 g/mol. The molecule has 4 heteroatoms. The number of para-hydroxylation sites is 1. The van der Waals surface area contributed by atoms with Crippen LogP contribution in [0.4, 0.5) is 0 Å². The van der Waals surface area contributed by atoms with Crippen molar-refractivity contribution in [3.8, 4) is 0 Å². The Bertz CT molecular complexity index is 694. The number of fused-ring (bicyclic) bond motifs is 1. The van der Waals surface area contributed by atoms with E-state index in [1.54, 1.807) is 6.20 Å². The van der Waals surface area contributed by atoms with E-state index >= 15 is 0 Å². The molecular formula is C16H15ClN2O. The van der Waals surface area contributed by atoms with Crippen LogP contribution in [-0.4, -0.2) is 11.5 Å². The third kappa shape index (κ3) is 2.84. The smallest absolute Gasteiger partial charge is 0.199 e. The lowest BCUT2D eigenvalue weighted by Gasteiger charge is -2.04. The Kier molecular flexibility index (Phi) is 4.00. The molecule has 0 spiro atoms. The molecule has 3 nitrogen and oxygen atoms in total. The first kappa shape index (κ1) is 13.2. The average Bonchev–Trinajstić information content (AvgIpc) is 2.80. The van der Waals surface area contributed by atoms with Gasteiger partial charge in [-0.15, -0.1) is 0 Å². The number of hydrogen-bond acceptors (Lipinski definition) is 3. The summed E-state index contributed by atoms with van der Waals surface area (Å²) in [4.78, 5) is 4.10. The van der Waals surface area contributed by atoms with Crippen molar-refractivity contribution in [1.82, 2.24) is 10.3 Å². The van der Waals surface area contributed by atoms with Crippen LogP contribution in [0.5, 0.6) is 0 Å². The minimum absolute atomic E-state index is 0.472. The number of furan rings is 1. The van der Waals surface area contributed by atoms with Crippen molar-refractivity contribution in [3.63, 3.8) is 0 Å². The number of hydrogen-bond donors (Lipinski definition) is 1. The van der Waals surface area contributed by atoms with E-state index in [0.717, 1.165) is 29.5 Å². The van der Waals surface area contributed by atoms with Gasteiger partial charge < -0.3 is 9.73 Å². The highest BCUT2D eigenvalue weighted by Crippen LogP contribution is 2.29. The van der Waals surface area contributed by atoms with Crippen LogP contribution in [0.1, 0.15) is 11.1 Å². The summed E-state index contributed by atoms with van der Waals surface area (Å²) in [6.07, 6.45) is 4.62. The highest BCUT2D eigenvalue weighted by molar-refractivity contribution is 6.30. The molecule has 0 bridgehead atoms. The molecule has 0 atom stereocenters. The highest BCUT2D eigenvalue weighted by Gasteiger charge is 2.11. The molecule has 3 rings (SSSR count). The molecule has 0 unspecified atom stereocenters. The summed E-state index contributed by atoms with van der Waals surface area (Å²) in [5, 5.41) is 4.94. The molecule has 102 valence electrons. The lowest BCUT2D eigenvalue weighted by atomic mass is 10.1. The van der Waals surface area contributed by atoms with E-state index in [1.807, 2.05) is 36.5 Å². The molecule has 0 fully saturated rings. The van der Waals surface area contributed by atoms with Crippen molar-refractivity contribution >= 4 is 22.6 Å². The molecule has 3 aromatic rings. The fourth-order valence-electron chi connectivity index (χ4n) is 2.23. The zero-order chi connectivity index (χ0) is 13.8. The van der Waals surface area contributed by atoms with Gasteiger partial charge in [0.05, 0.1) is 0 Å².